The summed E-state index contributed by atoms with van der Waals surface area (Å²) in [5.74, 6) is 0.696. The zero-order chi connectivity index (χ0) is 15.7. The monoisotopic (exact) mass is 302 g/mol. The van der Waals surface area contributed by atoms with Crippen LogP contribution in [-0.2, 0) is 4.79 Å². The highest BCUT2D eigenvalue weighted by Gasteiger charge is 2.35. The predicted molar refractivity (Wildman–Crippen MR) is 88.1 cm³/mol. The van der Waals surface area contributed by atoms with Crippen molar-refractivity contribution in [2.75, 3.05) is 24.5 Å². The predicted octanol–water partition coefficient (Wildman–Crippen LogP) is 2.58. The van der Waals surface area contributed by atoms with Gasteiger partial charge in [-0.2, -0.15) is 0 Å². The minimum absolute atomic E-state index is 0.0966. The number of nitrogens with zero attached hydrogens (tertiary/aromatic N) is 1. The maximum atomic E-state index is 12.6. The number of carbonyl (C=O) groups is 1. The van der Waals surface area contributed by atoms with E-state index in [9.17, 15) is 9.90 Å². The Hall–Kier alpha value is -1.39. The van der Waals surface area contributed by atoms with Crippen molar-refractivity contribution in [1.82, 2.24) is 5.32 Å². The molecule has 4 nitrogen and oxygen atoms in total. The van der Waals surface area contributed by atoms with Crippen molar-refractivity contribution in [3.8, 4) is 0 Å². The van der Waals surface area contributed by atoms with Crippen molar-refractivity contribution in [3.63, 3.8) is 0 Å². The Morgan fingerprint density at radius 2 is 2.09 bits per heavy atom. The van der Waals surface area contributed by atoms with E-state index >= 15 is 0 Å². The highest BCUT2D eigenvalue weighted by Crippen LogP contribution is 2.39. The SMILES string of the molecule is CCC(O)c1ccc2c(c1)C(C)C(=O)N2CC1CCNCC1. The third-order valence-corrected chi connectivity index (χ3v) is 5.12. The number of hydrogen-bond donors (Lipinski definition) is 2. The first-order valence-corrected chi connectivity index (χ1v) is 8.45. The molecule has 0 spiro atoms. The molecule has 2 atom stereocenters. The van der Waals surface area contributed by atoms with Crippen molar-refractivity contribution < 1.29 is 9.90 Å². The van der Waals surface area contributed by atoms with Gasteiger partial charge in [-0.05, 0) is 62.4 Å². The quantitative estimate of drug-likeness (QED) is 0.899. The average molecular weight is 302 g/mol. The van der Waals surface area contributed by atoms with Crippen LogP contribution in [0.25, 0.3) is 0 Å². The molecule has 2 N–H and O–H groups in total. The molecule has 0 aromatic heterocycles. The average Bonchev–Trinajstić information content (AvgIpc) is 2.80. The lowest BCUT2D eigenvalue weighted by molar-refractivity contribution is -0.119. The van der Waals surface area contributed by atoms with Crippen LogP contribution in [0, 0.1) is 5.92 Å². The lowest BCUT2D eigenvalue weighted by atomic mass is 9.97. The van der Waals surface area contributed by atoms with E-state index in [1.807, 2.05) is 36.9 Å². The van der Waals surface area contributed by atoms with Crippen molar-refractivity contribution in [3.05, 3.63) is 29.3 Å². The van der Waals surface area contributed by atoms with E-state index in [2.05, 4.69) is 5.32 Å². The van der Waals surface area contributed by atoms with Gasteiger partial charge in [-0.15, -0.1) is 0 Å². The van der Waals surface area contributed by atoms with Gasteiger partial charge in [0.2, 0.25) is 5.91 Å². The van der Waals surface area contributed by atoms with E-state index in [-0.39, 0.29) is 11.8 Å². The van der Waals surface area contributed by atoms with Crippen LogP contribution in [0.3, 0.4) is 0 Å². The molecular formula is C18H26N2O2. The number of carbonyl (C=O) groups excluding carboxylic acids is 1. The van der Waals surface area contributed by atoms with E-state index in [0.29, 0.717) is 12.3 Å². The van der Waals surface area contributed by atoms with Gasteiger partial charge >= 0.3 is 0 Å². The van der Waals surface area contributed by atoms with Crippen molar-refractivity contribution in [1.29, 1.82) is 0 Å². The number of rotatable bonds is 4. The highest BCUT2D eigenvalue weighted by molar-refractivity contribution is 6.04. The number of anilines is 1. The van der Waals surface area contributed by atoms with Crippen LogP contribution in [0.5, 0.6) is 0 Å². The zero-order valence-corrected chi connectivity index (χ0v) is 13.5. The molecule has 0 aliphatic carbocycles. The lowest BCUT2D eigenvalue weighted by Crippen LogP contribution is -2.38. The van der Waals surface area contributed by atoms with E-state index in [4.69, 9.17) is 0 Å². The first-order valence-electron chi connectivity index (χ1n) is 8.45. The molecule has 2 aliphatic rings. The van der Waals surface area contributed by atoms with E-state index in [0.717, 1.165) is 49.3 Å². The first kappa shape index (κ1) is 15.5. The standard InChI is InChI=1S/C18H26N2O2/c1-3-17(21)14-4-5-16-15(10-14)12(2)18(22)20(16)11-13-6-8-19-9-7-13/h4-5,10,12-13,17,19,21H,3,6-9,11H2,1-2H3. The lowest BCUT2D eigenvalue weighted by Gasteiger charge is -2.28. The van der Waals surface area contributed by atoms with Gasteiger partial charge in [0.1, 0.15) is 0 Å². The summed E-state index contributed by atoms with van der Waals surface area (Å²) < 4.78 is 0. The molecule has 3 rings (SSSR count). The van der Waals surface area contributed by atoms with Crippen molar-refractivity contribution >= 4 is 11.6 Å². The largest absolute Gasteiger partial charge is 0.388 e. The van der Waals surface area contributed by atoms with Gasteiger partial charge in [-0.25, -0.2) is 0 Å². The van der Waals surface area contributed by atoms with Crippen LogP contribution in [0.15, 0.2) is 18.2 Å². The molecule has 120 valence electrons. The normalized spacial score (nSPS) is 23.7. The fourth-order valence-corrected chi connectivity index (χ4v) is 3.60. The summed E-state index contributed by atoms with van der Waals surface area (Å²) in [5.41, 5.74) is 3.04. The number of benzene rings is 1. The molecule has 22 heavy (non-hydrogen) atoms. The summed E-state index contributed by atoms with van der Waals surface area (Å²) in [5, 5.41) is 13.4. The second kappa shape index (κ2) is 6.39. The minimum atomic E-state index is -0.439. The summed E-state index contributed by atoms with van der Waals surface area (Å²) in [6.07, 6.45) is 2.53. The Morgan fingerprint density at radius 1 is 1.36 bits per heavy atom. The van der Waals surface area contributed by atoms with E-state index < -0.39 is 6.10 Å². The molecule has 1 amide bonds. The second-order valence-electron chi connectivity index (χ2n) is 6.61. The molecule has 1 fully saturated rings. The smallest absolute Gasteiger partial charge is 0.234 e. The van der Waals surface area contributed by atoms with Gasteiger partial charge in [0, 0.05) is 12.2 Å². The van der Waals surface area contributed by atoms with Crippen molar-refractivity contribution in [2.24, 2.45) is 5.92 Å². The molecule has 4 heteroatoms. The van der Waals surface area contributed by atoms with Crippen LogP contribution in [-0.4, -0.2) is 30.6 Å². The fourth-order valence-electron chi connectivity index (χ4n) is 3.60. The Morgan fingerprint density at radius 3 is 2.77 bits per heavy atom. The van der Waals surface area contributed by atoms with Crippen LogP contribution in [0.1, 0.15) is 56.3 Å². The molecular weight excluding hydrogens is 276 g/mol. The number of piperidine rings is 1. The Balaban J connectivity index is 1.84. The molecule has 2 unspecified atom stereocenters. The van der Waals surface area contributed by atoms with E-state index in [1.54, 1.807) is 0 Å². The molecule has 2 aliphatic heterocycles. The topological polar surface area (TPSA) is 52.6 Å². The number of nitrogens with one attached hydrogen (secondary N) is 1. The Bertz CT molecular complexity index is 552. The summed E-state index contributed by atoms with van der Waals surface area (Å²) in [6, 6.07) is 6.01. The Kier molecular flexibility index (Phi) is 4.50. The summed E-state index contributed by atoms with van der Waals surface area (Å²) in [6.45, 7) is 6.88. The number of hydrogen-bond acceptors (Lipinski definition) is 3. The van der Waals surface area contributed by atoms with Gasteiger partial charge in [0.25, 0.3) is 0 Å². The van der Waals surface area contributed by atoms with Crippen LogP contribution in [0.2, 0.25) is 0 Å². The summed E-state index contributed by atoms with van der Waals surface area (Å²) >= 11 is 0. The third-order valence-electron chi connectivity index (χ3n) is 5.12. The van der Waals surface area contributed by atoms with Gasteiger partial charge in [-0.1, -0.05) is 19.1 Å². The highest BCUT2D eigenvalue weighted by atomic mass is 16.3. The van der Waals surface area contributed by atoms with Crippen LogP contribution in [0.4, 0.5) is 5.69 Å². The second-order valence-corrected chi connectivity index (χ2v) is 6.61. The molecule has 2 heterocycles. The van der Waals surface area contributed by atoms with Gasteiger partial charge in [0.15, 0.2) is 0 Å². The molecule has 1 aromatic carbocycles. The van der Waals surface area contributed by atoms with Gasteiger partial charge < -0.3 is 15.3 Å². The molecule has 0 saturated carbocycles. The first-order chi connectivity index (χ1) is 10.6. The number of fused-ring (bicyclic) bond motifs is 1. The summed E-state index contributed by atoms with van der Waals surface area (Å²) in [4.78, 5) is 14.6. The van der Waals surface area contributed by atoms with Crippen LogP contribution >= 0.6 is 0 Å². The van der Waals surface area contributed by atoms with Gasteiger partial charge in [0.05, 0.1) is 12.0 Å². The molecule has 1 aromatic rings. The number of amides is 1. The number of aliphatic hydroxyl groups is 1. The zero-order valence-electron chi connectivity index (χ0n) is 13.5. The third kappa shape index (κ3) is 2.77. The molecule has 0 radical (unpaired) electrons. The fraction of sp³-hybridized carbons (Fsp3) is 0.611. The maximum Gasteiger partial charge on any atom is 0.234 e. The Labute approximate surface area is 132 Å². The molecule has 1 saturated heterocycles. The van der Waals surface area contributed by atoms with Gasteiger partial charge in [-0.3, -0.25) is 4.79 Å². The maximum absolute atomic E-state index is 12.6. The van der Waals surface area contributed by atoms with Crippen LogP contribution < -0.4 is 10.2 Å². The van der Waals surface area contributed by atoms with E-state index in [1.165, 1.54) is 0 Å². The summed E-state index contributed by atoms with van der Waals surface area (Å²) in [7, 11) is 0. The minimum Gasteiger partial charge on any atom is -0.388 e. The number of aliphatic hydroxyl groups excluding tert-OH is 1. The van der Waals surface area contributed by atoms with Crippen molar-refractivity contribution in [2.45, 2.75) is 45.1 Å². The molecule has 0 bridgehead atoms.